The van der Waals surface area contributed by atoms with E-state index in [1.807, 2.05) is 0 Å². The number of hydrogen-bond donors (Lipinski definition) is 2. The van der Waals surface area contributed by atoms with Crippen molar-refractivity contribution in [1.82, 2.24) is 0 Å². The molecule has 0 bridgehead atoms. The molecule has 17 heavy (non-hydrogen) atoms. The van der Waals surface area contributed by atoms with Gasteiger partial charge < -0.3 is 15.6 Å². The summed E-state index contributed by atoms with van der Waals surface area (Å²) in [4.78, 5) is 0. The fraction of sp³-hybridized carbons (Fsp3) is 0.455. The van der Waals surface area contributed by atoms with Crippen molar-refractivity contribution >= 4 is 0 Å². The first-order valence-corrected chi connectivity index (χ1v) is 5.21. The van der Waals surface area contributed by atoms with Crippen molar-refractivity contribution < 1.29 is 23.0 Å². The van der Waals surface area contributed by atoms with Crippen molar-refractivity contribution in [3.8, 4) is 11.5 Å². The minimum atomic E-state index is -4.82. The third-order valence-corrected chi connectivity index (χ3v) is 2.74. The van der Waals surface area contributed by atoms with E-state index < -0.39 is 23.9 Å². The number of phenolic OH excluding ortho intramolecular Hbond substituents is 1. The lowest BCUT2D eigenvalue weighted by Crippen LogP contribution is -2.18. The maximum atomic E-state index is 12.1. The second-order valence-corrected chi connectivity index (χ2v) is 4.10. The number of aromatic hydroxyl groups is 1. The van der Waals surface area contributed by atoms with Crippen molar-refractivity contribution in [2.24, 2.45) is 11.7 Å². The Kier molecular flexibility index (Phi) is 2.91. The van der Waals surface area contributed by atoms with Crippen LogP contribution >= 0.6 is 0 Å². The fourth-order valence-corrected chi connectivity index (χ4v) is 1.72. The number of nitrogens with two attached hydrogens (primary N) is 1. The van der Waals surface area contributed by atoms with Crippen LogP contribution in [0.15, 0.2) is 18.2 Å². The molecule has 1 fully saturated rings. The second kappa shape index (κ2) is 4.10. The van der Waals surface area contributed by atoms with Crippen LogP contribution in [0.1, 0.15) is 24.4 Å². The zero-order valence-electron chi connectivity index (χ0n) is 8.87. The molecule has 0 aromatic heterocycles. The molecular weight excluding hydrogens is 235 g/mol. The third kappa shape index (κ3) is 2.82. The van der Waals surface area contributed by atoms with E-state index in [9.17, 15) is 18.3 Å². The monoisotopic (exact) mass is 247 g/mol. The van der Waals surface area contributed by atoms with E-state index in [0.29, 0.717) is 5.56 Å². The molecule has 6 heteroatoms. The highest BCUT2D eigenvalue weighted by Crippen LogP contribution is 2.44. The quantitative estimate of drug-likeness (QED) is 0.863. The van der Waals surface area contributed by atoms with Gasteiger partial charge in [-0.3, -0.25) is 0 Å². The zero-order valence-corrected chi connectivity index (χ0v) is 8.87. The zero-order chi connectivity index (χ0) is 12.6. The topological polar surface area (TPSA) is 55.5 Å². The number of phenols is 1. The Bertz CT molecular complexity index is 416. The molecule has 1 atom stereocenters. The van der Waals surface area contributed by atoms with Gasteiger partial charge in [0.25, 0.3) is 0 Å². The second-order valence-electron chi connectivity index (χ2n) is 4.10. The van der Waals surface area contributed by atoms with Gasteiger partial charge in [-0.2, -0.15) is 0 Å². The van der Waals surface area contributed by atoms with Gasteiger partial charge in [0.05, 0.1) is 0 Å². The van der Waals surface area contributed by atoms with Gasteiger partial charge in [0.1, 0.15) is 0 Å². The summed E-state index contributed by atoms with van der Waals surface area (Å²) in [7, 11) is 0. The number of halogens is 3. The summed E-state index contributed by atoms with van der Waals surface area (Å²) >= 11 is 0. The highest BCUT2D eigenvalue weighted by molar-refractivity contribution is 5.47. The Hall–Kier alpha value is -1.43. The Balaban J connectivity index is 2.26. The van der Waals surface area contributed by atoms with E-state index in [-0.39, 0.29) is 5.92 Å². The first-order valence-electron chi connectivity index (χ1n) is 5.21. The smallest absolute Gasteiger partial charge is 0.504 e. The van der Waals surface area contributed by atoms with Crippen LogP contribution < -0.4 is 10.5 Å². The number of benzene rings is 1. The normalized spacial score (nSPS) is 17.9. The van der Waals surface area contributed by atoms with Gasteiger partial charge in [0.15, 0.2) is 11.5 Å². The number of hydrogen-bond acceptors (Lipinski definition) is 3. The summed E-state index contributed by atoms with van der Waals surface area (Å²) in [5.41, 5.74) is 6.14. The predicted molar refractivity (Wildman–Crippen MR) is 54.4 cm³/mol. The van der Waals surface area contributed by atoms with Crippen LogP contribution in [0.3, 0.4) is 0 Å². The lowest BCUT2D eigenvalue weighted by atomic mass is 10.0. The van der Waals surface area contributed by atoms with Crippen LogP contribution in [0.4, 0.5) is 13.2 Å². The van der Waals surface area contributed by atoms with Crippen molar-refractivity contribution in [2.45, 2.75) is 25.2 Å². The number of ether oxygens (including phenoxy) is 1. The average molecular weight is 247 g/mol. The lowest BCUT2D eigenvalue weighted by Gasteiger charge is -2.16. The number of alkyl halides is 3. The molecule has 0 unspecified atom stereocenters. The molecule has 0 radical (unpaired) electrons. The summed E-state index contributed by atoms with van der Waals surface area (Å²) in [5.74, 6) is -0.891. The summed E-state index contributed by atoms with van der Waals surface area (Å²) < 4.78 is 39.9. The van der Waals surface area contributed by atoms with E-state index in [2.05, 4.69) is 4.74 Å². The summed E-state index contributed by atoms with van der Waals surface area (Å²) in [6, 6.07) is 3.53. The summed E-state index contributed by atoms with van der Waals surface area (Å²) in [6.45, 7) is 0. The minimum absolute atomic E-state index is 0.238. The SMILES string of the molecule is N[C@@H](c1cccc(OC(F)(F)F)c1O)C1CC1. The van der Waals surface area contributed by atoms with Crippen LogP contribution in [0.5, 0.6) is 11.5 Å². The van der Waals surface area contributed by atoms with Crippen LogP contribution in [0.25, 0.3) is 0 Å². The van der Waals surface area contributed by atoms with Crippen molar-refractivity contribution in [3.63, 3.8) is 0 Å². The first-order chi connectivity index (χ1) is 7.88. The highest BCUT2D eigenvalue weighted by atomic mass is 19.4. The molecule has 3 N–H and O–H groups in total. The van der Waals surface area contributed by atoms with Gasteiger partial charge in [-0.05, 0) is 24.8 Å². The molecule has 1 aliphatic rings. The van der Waals surface area contributed by atoms with E-state index in [1.54, 1.807) is 0 Å². The fourth-order valence-electron chi connectivity index (χ4n) is 1.72. The molecule has 0 amide bonds. The Morgan fingerprint density at radius 2 is 2.00 bits per heavy atom. The van der Waals surface area contributed by atoms with Gasteiger partial charge in [-0.25, -0.2) is 0 Å². The molecule has 0 spiro atoms. The van der Waals surface area contributed by atoms with Gasteiger partial charge in [-0.15, -0.1) is 13.2 Å². The first kappa shape index (κ1) is 12.0. The van der Waals surface area contributed by atoms with E-state index in [0.717, 1.165) is 18.9 Å². The minimum Gasteiger partial charge on any atom is -0.504 e. The molecule has 1 saturated carbocycles. The standard InChI is InChI=1S/C11H12F3NO2/c12-11(13,14)17-8-3-1-2-7(10(8)16)9(15)6-4-5-6/h1-3,6,9,16H,4-5,15H2/t9-/m1/s1. The molecule has 3 nitrogen and oxygen atoms in total. The Morgan fingerprint density at radius 3 is 2.53 bits per heavy atom. The van der Waals surface area contributed by atoms with Gasteiger partial charge in [-0.1, -0.05) is 12.1 Å². The van der Waals surface area contributed by atoms with Crippen molar-refractivity contribution in [1.29, 1.82) is 0 Å². The molecule has 2 rings (SSSR count). The molecule has 0 aliphatic heterocycles. The molecular formula is C11H12F3NO2. The van der Waals surface area contributed by atoms with Crippen LogP contribution in [-0.2, 0) is 0 Å². The third-order valence-electron chi connectivity index (χ3n) is 2.74. The molecule has 1 aliphatic carbocycles. The lowest BCUT2D eigenvalue weighted by molar-refractivity contribution is -0.275. The predicted octanol–water partition coefficient (Wildman–Crippen LogP) is 2.70. The molecule has 94 valence electrons. The Morgan fingerprint density at radius 1 is 1.35 bits per heavy atom. The van der Waals surface area contributed by atoms with Gasteiger partial charge >= 0.3 is 6.36 Å². The molecule has 1 aromatic rings. The highest BCUT2D eigenvalue weighted by Gasteiger charge is 2.35. The summed E-state index contributed by atoms with van der Waals surface area (Å²) in [6.07, 6.45) is -2.95. The van der Waals surface area contributed by atoms with Crippen molar-refractivity contribution in [3.05, 3.63) is 23.8 Å². The maximum absolute atomic E-state index is 12.1. The van der Waals surface area contributed by atoms with Crippen molar-refractivity contribution in [2.75, 3.05) is 0 Å². The van der Waals surface area contributed by atoms with E-state index in [1.165, 1.54) is 12.1 Å². The van der Waals surface area contributed by atoms with Gasteiger partial charge in [0, 0.05) is 11.6 Å². The maximum Gasteiger partial charge on any atom is 0.573 e. The molecule has 0 heterocycles. The Labute approximate surface area is 96.0 Å². The van der Waals surface area contributed by atoms with Crippen LogP contribution in [0.2, 0.25) is 0 Å². The molecule has 1 aromatic carbocycles. The summed E-state index contributed by atoms with van der Waals surface area (Å²) in [5, 5.41) is 9.69. The van der Waals surface area contributed by atoms with Crippen LogP contribution in [0, 0.1) is 5.92 Å². The average Bonchev–Trinajstić information content (AvgIpc) is 3.01. The van der Waals surface area contributed by atoms with E-state index >= 15 is 0 Å². The largest absolute Gasteiger partial charge is 0.573 e. The molecule has 0 saturated heterocycles. The number of para-hydroxylation sites is 1. The van der Waals surface area contributed by atoms with E-state index in [4.69, 9.17) is 5.73 Å². The number of rotatable bonds is 3. The van der Waals surface area contributed by atoms with Crippen LogP contribution in [-0.4, -0.2) is 11.5 Å². The van der Waals surface area contributed by atoms with Gasteiger partial charge in [0.2, 0.25) is 0 Å².